The number of nitrogens with zero attached hydrogens (tertiary/aromatic N) is 3. The van der Waals surface area contributed by atoms with Crippen molar-refractivity contribution >= 4 is 17.5 Å². The lowest BCUT2D eigenvalue weighted by Gasteiger charge is -2.37. The Kier molecular flexibility index (Phi) is 5.13. The van der Waals surface area contributed by atoms with E-state index in [-0.39, 0.29) is 5.79 Å². The Bertz CT molecular complexity index is 765. The third-order valence-corrected chi connectivity index (χ3v) is 4.90. The van der Waals surface area contributed by atoms with Gasteiger partial charge in [0.05, 0.1) is 19.8 Å². The summed E-state index contributed by atoms with van der Waals surface area (Å²) in [7, 11) is 0. The number of rotatable bonds is 5. The maximum absolute atomic E-state index is 5.81. The summed E-state index contributed by atoms with van der Waals surface area (Å²) in [6.07, 6.45) is 1.68. The standard InChI is InChI=1S/C20H26N4O3/c1-3-25-17-6-4-16(5-7-17)22-18-14-15(2)21-19(23-18)24-10-8-20(9-11-24)26-12-13-27-20/h4-7,14H,3,8-13H2,1-2H3,(H,21,22,23). The first kappa shape index (κ1) is 18.0. The number of anilines is 3. The van der Waals surface area contributed by atoms with Crippen LogP contribution in [0.3, 0.4) is 0 Å². The summed E-state index contributed by atoms with van der Waals surface area (Å²) >= 11 is 0. The summed E-state index contributed by atoms with van der Waals surface area (Å²) in [6.45, 7) is 7.66. The molecule has 2 fully saturated rings. The average Bonchev–Trinajstić information content (AvgIpc) is 3.12. The van der Waals surface area contributed by atoms with Crippen LogP contribution in [-0.4, -0.2) is 48.7 Å². The predicted molar refractivity (Wildman–Crippen MR) is 104 cm³/mol. The van der Waals surface area contributed by atoms with E-state index in [1.165, 1.54) is 0 Å². The Hall–Kier alpha value is -2.38. The fourth-order valence-electron chi connectivity index (χ4n) is 3.54. The zero-order valence-corrected chi connectivity index (χ0v) is 15.9. The molecular formula is C20H26N4O3. The van der Waals surface area contributed by atoms with Gasteiger partial charge >= 0.3 is 0 Å². The van der Waals surface area contributed by atoms with Gasteiger partial charge < -0.3 is 24.4 Å². The fraction of sp³-hybridized carbons (Fsp3) is 0.500. The van der Waals surface area contributed by atoms with Gasteiger partial charge in [0.25, 0.3) is 0 Å². The van der Waals surface area contributed by atoms with Crippen molar-refractivity contribution in [3.05, 3.63) is 36.0 Å². The smallest absolute Gasteiger partial charge is 0.227 e. The lowest BCUT2D eigenvalue weighted by molar-refractivity contribution is -0.169. The van der Waals surface area contributed by atoms with Crippen LogP contribution in [0, 0.1) is 6.92 Å². The van der Waals surface area contributed by atoms with E-state index in [2.05, 4.69) is 15.2 Å². The molecular weight excluding hydrogens is 344 g/mol. The number of nitrogens with one attached hydrogen (secondary N) is 1. The topological polar surface area (TPSA) is 68.7 Å². The molecule has 1 aromatic heterocycles. The molecule has 1 spiro atoms. The molecule has 1 aromatic carbocycles. The number of hydrogen-bond donors (Lipinski definition) is 1. The zero-order valence-electron chi connectivity index (χ0n) is 15.9. The highest BCUT2D eigenvalue weighted by molar-refractivity contribution is 5.58. The molecule has 7 nitrogen and oxygen atoms in total. The normalized spacial score (nSPS) is 18.7. The van der Waals surface area contributed by atoms with E-state index < -0.39 is 0 Å². The molecule has 27 heavy (non-hydrogen) atoms. The number of hydrogen-bond acceptors (Lipinski definition) is 7. The van der Waals surface area contributed by atoms with Crippen LogP contribution in [0.25, 0.3) is 0 Å². The molecule has 2 saturated heterocycles. The average molecular weight is 370 g/mol. The molecule has 4 rings (SSSR count). The van der Waals surface area contributed by atoms with Crippen LogP contribution in [0.1, 0.15) is 25.5 Å². The van der Waals surface area contributed by atoms with Crippen molar-refractivity contribution in [2.45, 2.75) is 32.5 Å². The Morgan fingerprint density at radius 1 is 1.11 bits per heavy atom. The molecule has 0 saturated carbocycles. The first-order valence-electron chi connectivity index (χ1n) is 9.54. The van der Waals surface area contributed by atoms with Crippen LogP contribution < -0.4 is 15.0 Å². The van der Waals surface area contributed by atoms with E-state index in [4.69, 9.17) is 19.2 Å². The van der Waals surface area contributed by atoms with Crippen molar-refractivity contribution in [3.8, 4) is 5.75 Å². The minimum atomic E-state index is -0.385. The van der Waals surface area contributed by atoms with Gasteiger partial charge in [-0.3, -0.25) is 0 Å². The van der Waals surface area contributed by atoms with Gasteiger partial charge in [0.1, 0.15) is 11.6 Å². The van der Waals surface area contributed by atoms with Crippen LogP contribution in [0.4, 0.5) is 17.5 Å². The van der Waals surface area contributed by atoms with Crippen LogP contribution in [0.15, 0.2) is 30.3 Å². The second-order valence-corrected chi connectivity index (χ2v) is 6.87. The lowest BCUT2D eigenvalue weighted by atomic mass is 10.0. The first-order valence-corrected chi connectivity index (χ1v) is 9.54. The summed E-state index contributed by atoms with van der Waals surface area (Å²) in [6, 6.07) is 9.83. The van der Waals surface area contributed by atoms with Gasteiger partial charge in [-0.05, 0) is 38.1 Å². The summed E-state index contributed by atoms with van der Waals surface area (Å²) in [5.74, 6) is 2.01. The maximum atomic E-state index is 5.81. The van der Waals surface area contributed by atoms with E-state index >= 15 is 0 Å². The summed E-state index contributed by atoms with van der Waals surface area (Å²) in [4.78, 5) is 11.5. The molecule has 3 heterocycles. The third-order valence-electron chi connectivity index (χ3n) is 4.90. The minimum Gasteiger partial charge on any atom is -0.494 e. The third kappa shape index (κ3) is 4.14. The quantitative estimate of drug-likeness (QED) is 0.866. The Labute approximate surface area is 159 Å². The Balaban J connectivity index is 1.45. The molecule has 2 aliphatic rings. The number of aryl methyl sites for hydroxylation is 1. The van der Waals surface area contributed by atoms with Gasteiger partial charge in [-0.1, -0.05) is 0 Å². The number of piperidine rings is 1. The fourth-order valence-corrected chi connectivity index (χ4v) is 3.54. The molecule has 2 aliphatic heterocycles. The highest BCUT2D eigenvalue weighted by Gasteiger charge is 2.40. The van der Waals surface area contributed by atoms with E-state index in [1.54, 1.807) is 0 Å². The van der Waals surface area contributed by atoms with Crippen LogP contribution >= 0.6 is 0 Å². The Morgan fingerprint density at radius 3 is 2.48 bits per heavy atom. The van der Waals surface area contributed by atoms with Crippen molar-refractivity contribution < 1.29 is 14.2 Å². The van der Waals surface area contributed by atoms with Gasteiger partial charge in [0, 0.05) is 43.4 Å². The summed E-state index contributed by atoms with van der Waals surface area (Å²) in [5.41, 5.74) is 1.90. The predicted octanol–water partition coefficient (Wildman–Crippen LogP) is 3.27. The van der Waals surface area contributed by atoms with Crippen molar-refractivity contribution in [2.75, 3.05) is 43.1 Å². The van der Waals surface area contributed by atoms with Gasteiger partial charge in [-0.15, -0.1) is 0 Å². The van der Waals surface area contributed by atoms with Crippen molar-refractivity contribution in [1.82, 2.24) is 9.97 Å². The number of ether oxygens (including phenoxy) is 3. The lowest BCUT2D eigenvalue weighted by Crippen LogP contribution is -2.45. The number of aromatic nitrogens is 2. The van der Waals surface area contributed by atoms with E-state index in [1.807, 2.05) is 44.2 Å². The first-order chi connectivity index (χ1) is 13.2. The largest absolute Gasteiger partial charge is 0.494 e. The van der Waals surface area contributed by atoms with Gasteiger partial charge in [0.2, 0.25) is 5.95 Å². The van der Waals surface area contributed by atoms with Crippen LogP contribution in [0.2, 0.25) is 0 Å². The van der Waals surface area contributed by atoms with E-state index in [0.717, 1.165) is 54.8 Å². The van der Waals surface area contributed by atoms with E-state index in [9.17, 15) is 0 Å². The highest BCUT2D eigenvalue weighted by atomic mass is 16.7. The van der Waals surface area contributed by atoms with Crippen LogP contribution in [0.5, 0.6) is 5.75 Å². The Morgan fingerprint density at radius 2 is 1.81 bits per heavy atom. The maximum Gasteiger partial charge on any atom is 0.227 e. The van der Waals surface area contributed by atoms with Crippen molar-refractivity contribution in [3.63, 3.8) is 0 Å². The molecule has 1 N–H and O–H groups in total. The minimum absolute atomic E-state index is 0.385. The van der Waals surface area contributed by atoms with Crippen molar-refractivity contribution in [2.24, 2.45) is 0 Å². The molecule has 0 aliphatic carbocycles. The monoisotopic (exact) mass is 370 g/mol. The molecule has 0 radical (unpaired) electrons. The number of benzene rings is 1. The molecule has 2 aromatic rings. The van der Waals surface area contributed by atoms with Crippen molar-refractivity contribution in [1.29, 1.82) is 0 Å². The molecule has 0 bridgehead atoms. The molecule has 0 unspecified atom stereocenters. The highest BCUT2D eigenvalue weighted by Crippen LogP contribution is 2.32. The SMILES string of the molecule is CCOc1ccc(Nc2cc(C)nc(N3CCC4(CC3)OCCO4)n2)cc1. The van der Waals surface area contributed by atoms with Crippen LogP contribution in [-0.2, 0) is 9.47 Å². The molecule has 7 heteroatoms. The second kappa shape index (κ2) is 7.70. The van der Waals surface area contributed by atoms with Gasteiger partial charge in [-0.2, -0.15) is 4.98 Å². The van der Waals surface area contributed by atoms with Gasteiger partial charge in [-0.25, -0.2) is 4.98 Å². The van der Waals surface area contributed by atoms with E-state index in [0.29, 0.717) is 19.8 Å². The second-order valence-electron chi connectivity index (χ2n) is 6.87. The molecule has 0 atom stereocenters. The zero-order chi connectivity index (χ0) is 18.7. The summed E-state index contributed by atoms with van der Waals surface area (Å²) < 4.78 is 17.1. The molecule has 0 amide bonds. The molecule has 144 valence electrons. The van der Waals surface area contributed by atoms with Gasteiger partial charge in [0.15, 0.2) is 5.79 Å². The summed E-state index contributed by atoms with van der Waals surface area (Å²) in [5, 5.41) is 3.36.